The third-order valence-electron chi connectivity index (χ3n) is 11.4. The van der Waals surface area contributed by atoms with Crippen LogP contribution in [0.1, 0.15) is 133 Å². The summed E-state index contributed by atoms with van der Waals surface area (Å²) < 4.78 is 0. The molecule has 1 aliphatic heterocycles. The number of hydrogen-bond donors (Lipinski definition) is 3. The van der Waals surface area contributed by atoms with Crippen LogP contribution in [-0.4, -0.2) is 41.8 Å². The van der Waals surface area contributed by atoms with Crippen molar-refractivity contribution in [3.05, 3.63) is 24.2 Å². The molecule has 0 aromatic rings. The molecule has 10 atom stereocenters. The topological polar surface area (TPSA) is 103 Å². The summed E-state index contributed by atoms with van der Waals surface area (Å²) in [6.07, 6.45) is 19.3. The second-order valence-corrected chi connectivity index (χ2v) is 13.1. The van der Waals surface area contributed by atoms with Crippen LogP contribution in [0.4, 0.5) is 0 Å². The summed E-state index contributed by atoms with van der Waals surface area (Å²) in [4.78, 5) is 10.7. The zero-order valence-electron chi connectivity index (χ0n) is 27.8. The van der Waals surface area contributed by atoms with Gasteiger partial charge in [0.2, 0.25) is 0 Å². The fourth-order valence-corrected chi connectivity index (χ4v) is 9.28. The molecule has 3 saturated carbocycles. The van der Waals surface area contributed by atoms with Gasteiger partial charge in [0, 0.05) is 6.61 Å². The molecule has 6 heteroatoms. The molecule has 0 aromatic heterocycles. The van der Waals surface area contributed by atoms with Crippen molar-refractivity contribution in [2.75, 3.05) is 13.2 Å². The molecule has 5 aliphatic rings. The Morgan fingerprint density at radius 2 is 1.76 bits per heavy atom. The van der Waals surface area contributed by atoms with Gasteiger partial charge in [-0.05, 0) is 98.3 Å². The molecule has 0 aromatic carbocycles. The number of fused-ring (bicyclic) bond motifs is 5. The van der Waals surface area contributed by atoms with Crippen molar-refractivity contribution in [1.82, 2.24) is 5.32 Å². The smallest absolute Gasteiger partial charge is 0.693 e. The number of allylic oxidation sites excluding steroid dienone is 1. The van der Waals surface area contributed by atoms with Gasteiger partial charge in [0.25, 0.3) is 0 Å². The molecule has 5 N–H and O–H groups in total. The van der Waals surface area contributed by atoms with Gasteiger partial charge in [-0.25, -0.2) is 0 Å². The van der Waals surface area contributed by atoms with E-state index in [0.717, 1.165) is 55.9 Å². The predicted octanol–water partition coefficient (Wildman–Crippen LogP) is 9.04. The van der Waals surface area contributed by atoms with E-state index < -0.39 is 0 Å². The third kappa shape index (κ3) is 9.64. The molecule has 0 spiro atoms. The molecule has 5 nitrogen and oxygen atoms in total. The Morgan fingerprint density at radius 3 is 2.31 bits per heavy atom. The van der Waals surface area contributed by atoms with Gasteiger partial charge in [-0.2, -0.15) is 6.42 Å². The fourth-order valence-electron chi connectivity index (χ4n) is 9.28. The maximum absolute atomic E-state index is 10.7. The summed E-state index contributed by atoms with van der Waals surface area (Å²) >= 11 is 0. The van der Waals surface area contributed by atoms with Crippen LogP contribution in [0, 0.1) is 52.8 Å². The average Bonchev–Trinajstić information content (AvgIpc) is 3.58. The molecule has 1 radical (unpaired) electrons. The molecule has 0 bridgehead atoms. The van der Waals surface area contributed by atoms with Crippen LogP contribution >= 0.6 is 0 Å². The monoisotopic (exact) mass is 629 g/mol. The van der Waals surface area contributed by atoms with Crippen LogP contribution in [0.5, 0.6) is 0 Å². The van der Waals surface area contributed by atoms with E-state index in [0.29, 0.717) is 41.7 Å². The van der Waals surface area contributed by atoms with E-state index in [2.05, 4.69) is 51.8 Å². The summed E-state index contributed by atoms with van der Waals surface area (Å²) in [5.74, 6) is 4.36. The van der Waals surface area contributed by atoms with Crippen molar-refractivity contribution in [3.63, 3.8) is 0 Å². The quantitative estimate of drug-likeness (QED) is 0.201. The summed E-state index contributed by atoms with van der Waals surface area (Å²) in [5.41, 5.74) is 2.39. The Bertz CT molecular complexity index is 754. The molecule has 9 unspecified atom stereocenters. The molecule has 247 valence electrons. The maximum Gasteiger partial charge on any atom is 3.00 e. The third-order valence-corrected chi connectivity index (χ3v) is 11.4. The SMILES string of the molecule is C.CC.CC.CCC1[CH-]C(CO)CN1.C[C@H](CC[C-]=O)C1CCC2C3CC=C4CC(O)CCC4(C)C3CCC21C.[Cr+3].[NH2-]. The Hall–Kier alpha value is -0.218. The number of aliphatic hydroxyl groups excluding tert-OH is 2. The van der Waals surface area contributed by atoms with Crippen molar-refractivity contribution < 1.29 is 32.4 Å². The molecule has 0 amide bonds. The van der Waals surface area contributed by atoms with E-state index in [9.17, 15) is 9.90 Å². The first kappa shape index (κ1) is 43.9. The van der Waals surface area contributed by atoms with Gasteiger partial charge in [0.15, 0.2) is 0 Å². The molecular weight excluding hydrogens is 560 g/mol. The van der Waals surface area contributed by atoms with E-state index in [1.54, 1.807) is 5.57 Å². The Morgan fingerprint density at radius 1 is 1.10 bits per heavy atom. The minimum absolute atomic E-state index is 0. The van der Waals surface area contributed by atoms with Crippen LogP contribution < -0.4 is 5.32 Å². The van der Waals surface area contributed by atoms with E-state index in [1.807, 2.05) is 27.7 Å². The number of aliphatic hydroxyl groups is 2. The number of hydrogen-bond acceptors (Lipinski definition) is 4. The zero-order chi connectivity index (χ0) is 29.2. The first-order chi connectivity index (χ1) is 18.8. The van der Waals surface area contributed by atoms with Crippen LogP contribution in [0.2, 0.25) is 0 Å². The van der Waals surface area contributed by atoms with E-state index in [-0.39, 0.29) is 37.0 Å². The summed E-state index contributed by atoms with van der Waals surface area (Å²) in [6, 6.07) is 0.544. The van der Waals surface area contributed by atoms with Crippen molar-refractivity contribution in [1.29, 1.82) is 0 Å². The second kappa shape index (κ2) is 20.7. The Balaban J connectivity index is 0. The minimum atomic E-state index is -0.105. The summed E-state index contributed by atoms with van der Waals surface area (Å²) in [6.45, 7) is 18.9. The van der Waals surface area contributed by atoms with Gasteiger partial charge in [-0.15, -0.1) is 12.0 Å². The molecule has 4 fully saturated rings. The molecule has 1 heterocycles. The zero-order valence-corrected chi connectivity index (χ0v) is 29.0. The summed E-state index contributed by atoms with van der Waals surface area (Å²) in [7, 11) is 0. The van der Waals surface area contributed by atoms with E-state index in [4.69, 9.17) is 5.11 Å². The van der Waals surface area contributed by atoms with Crippen molar-refractivity contribution >= 4 is 6.29 Å². The Labute approximate surface area is 272 Å². The van der Waals surface area contributed by atoms with Crippen molar-refractivity contribution in [2.45, 2.75) is 146 Å². The first-order valence-electron chi connectivity index (χ1n) is 16.7. The van der Waals surface area contributed by atoms with Crippen molar-refractivity contribution in [3.8, 4) is 0 Å². The first-order valence-corrected chi connectivity index (χ1v) is 16.7. The number of carbonyl (C=O) groups excluding carboxylic acids is 1. The number of nitrogens with two attached hydrogens (primary N) is 1. The van der Waals surface area contributed by atoms with Gasteiger partial charge in [0.1, 0.15) is 0 Å². The number of rotatable bonds is 6. The van der Waals surface area contributed by atoms with Crippen molar-refractivity contribution in [2.24, 2.45) is 46.3 Å². The predicted molar refractivity (Wildman–Crippen MR) is 177 cm³/mol. The standard InChI is InChI=1S/C24H37O2.C7H14NO.2C2H6.CH4.Cr.H2N/c1-16(5-4-14-25)20-8-9-21-19-7-6-17-15-18(26)10-12-23(17,2)22(19)11-13-24(20,21)3;1-2-7-3-6(5-9)4-8-7;2*1-2;;;/h6,16,18-22,26H,4-5,7-13,15H2,1-3H3;3,6-9H,2,4-5H2,1H3;2*1-2H3;1H4;;1H2/q2*-1;;;;+3;-1/t16-,18?,19?,20?,21?,22?,23?,24?;;;;;;/m1....../s1. The normalized spacial score (nSPS) is 38.0. The van der Waals surface area contributed by atoms with Crippen LogP contribution in [0.25, 0.3) is 6.15 Å². The van der Waals surface area contributed by atoms with E-state index in [1.165, 1.54) is 38.5 Å². The second-order valence-electron chi connectivity index (χ2n) is 13.1. The fraction of sp³-hybridized carbons (Fsp3) is 0.889. The molecule has 1 saturated heterocycles. The summed E-state index contributed by atoms with van der Waals surface area (Å²) in [5, 5.41) is 22.1. The van der Waals surface area contributed by atoms with Gasteiger partial charge < -0.3 is 32.9 Å². The maximum atomic E-state index is 10.7. The molecular formula is C36H69CrN2O3. The van der Waals surface area contributed by atoms with Gasteiger partial charge in [-0.1, -0.05) is 87.3 Å². The van der Waals surface area contributed by atoms with Crippen LogP contribution in [0.3, 0.4) is 0 Å². The molecule has 5 rings (SSSR count). The van der Waals surface area contributed by atoms with Gasteiger partial charge in [0.05, 0.1) is 6.10 Å². The molecule has 42 heavy (non-hydrogen) atoms. The van der Waals surface area contributed by atoms with E-state index >= 15 is 0 Å². The van der Waals surface area contributed by atoms with Gasteiger partial charge >= 0.3 is 17.4 Å². The van der Waals surface area contributed by atoms with Crippen LogP contribution in [0.15, 0.2) is 11.6 Å². The number of nitrogens with one attached hydrogen (secondary N) is 1. The Kier molecular flexibility index (Phi) is 21.7. The van der Waals surface area contributed by atoms with Gasteiger partial charge in [-0.3, -0.25) is 6.29 Å². The minimum Gasteiger partial charge on any atom is -0.693 e. The van der Waals surface area contributed by atoms with Crippen LogP contribution in [-0.2, 0) is 22.2 Å². The largest absolute Gasteiger partial charge is 3.00 e. The molecule has 4 aliphatic carbocycles. The average molecular weight is 630 g/mol.